The molecule has 17 unspecified atom stereocenters. The quantitative estimate of drug-likeness (QED) is 0.0199. The van der Waals surface area contributed by atoms with E-state index in [4.69, 9.17) is 28.4 Å². The van der Waals surface area contributed by atoms with Gasteiger partial charge in [-0.3, -0.25) is 4.79 Å². The average Bonchev–Trinajstić information content (AvgIpc) is 0.781. The van der Waals surface area contributed by atoms with Crippen LogP contribution in [0.1, 0.15) is 386 Å². The number of amides is 1. The Labute approximate surface area is 638 Å². The number of unbranched alkanes of at least 4 members (excludes halogenated alkanes) is 52. The van der Waals surface area contributed by atoms with E-state index < -0.39 is 124 Å². The smallest absolute Gasteiger partial charge is 0.220 e. The monoisotopic (exact) mass is 1500 g/mol. The van der Waals surface area contributed by atoms with E-state index in [-0.39, 0.29) is 18.9 Å². The van der Waals surface area contributed by atoms with Crippen LogP contribution in [0.2, 0.25) is 0 Å². The zero-order valence-electron chi connectivity index (χ0n) is 66.7. The van der Waals surface area contributed by atoms with Gasteiger partial charge in [-0.1, -0.05) is 359 Å². The predicted molar refractivity (Wildman–Crippen MR) is 420 cm³/mol. The third-order valence-electron chi connectivity index (χ3n) is 22.3. The highest BCUT2D eigenvalue weighted by atomic mass is 16.8. The highest BCUT2D eigenvalue weighted by Crippen LogP contribution is 2.34. The Morgan fingerprint density at radius 3 is 0.971 bits per heavy atom. The minimum Gasteiger partial charge on any atom is -0.394 e. The Balaban J connectivity index is 1.33. The number of aliphatic hydroxyl groups excluding tert-OH is 11. The average molecular weight is 1500 g/mol. The Morgan fingerprint density at radius 1 is 0.343 bits per heavy atom. The van der Waals surface area contributed by atoms with Crippen molar-refractivity contribution in [3.63, 3.8) is 0 Å². The van der Waals surface area contributed by atoms with E-state index in [0.29, 0.717) is 12.8 Å². The van der Waals surface area contributed by atoms with Crippen molar-refractivity contribution in [2.45, 2.75) is 491 Å². The van der Waals surface area contributed by atoms with Crippen LogP contribution in [0.3, 0.4) is 0 Å². The molecule has 3 aliphatic heterocycles. The van der Waals surface area contributed by atoms with Gasteiger partial charge in [0.25, 0.3) is 0 Å². The van der Waals surface area contributed by atoms with Crippen molar-refractivity contribution < 1.29 is 89.4 Å². The third kappa shape index (κ3) is 46.1. The van der Waals surface area contributed by atoms with Gasteiger partial charge < -0.3 is 89.9 Å². The second-order valence-corrected chi connectivity index (χ2v) is 31.7. The Hall–Kier alpha value is -1.73. The maximum atomic E-state index is 13.5. The van der Waals surface area contributed by atoms with Gasteiger partial charge in [0.2, 0.25) is 5.91 Å². The fraction of sp³-hybridized carbons (Fsp3) is 0.942. The molecule has 19 heteroatoms. The van der Waals surface area contributed by atoms with Crippen molar-refractivity contribution in [1.82, 2.24) is 5.32 Å². The second-order valence-electron chi connectivity index (χ2n) is 31.7. The van der Waals surface area contributed by atoms with Crippen molar-refractivity contribution in [3.05, 3.63) is 24.3 Å². The number of aliphatic hydroxyl groups is 11. The molecule has 0 spiro atoms. The summed E-state index contributed by atoms with van der Waals surface area (Å²) in [4.78, 5) is 13.5. The molecule has 12 N–H and O–H groups in total. The van der Waals surface area contributed by atoms with Crippen molar-refractivity contribution in [1.29, 1.82) is 0 Å². The van der Waals surface area contributed by atoms with Gasteiger partial charge in [-0.15, -0.1) is 0 Å². The normalized spacial score (nSPS) is 25.8. The van der Waals surface area contributed by atoms with E-state index in [1.165, 1.54) is 302 Å². The van der Waals surface area contributed by atoms with Crippen LogP contribution in [0.4, 0.5) is 0 Å². The van der Waals surface area contributed by atoms with Crippen LogP contribution in [0, 0.1) is 0 Å². The molecule has 0 saturated carbocycles. The topological polar surface area (TPSA) is 307 Å². The van der Waals surface area contributed by atoms with E-state index in [2.05, 4.69) is 43.5 Å². The summed E-state index contributed by atoms with van der Waals surface area (Å²) in [5, 5.41) is 121. The first-order valence-electron chi connectivity index (χ1n) is 44.1. The summed E-state index contributed by atoms with van der Waals surface area (Å²) in [6.45, 7) is 1.86. The van der Waals surface area contributed by atoms with Gasteiger partial charge >= 0.3 is 0 Å². The molecule has 0 aromatic heterocycles. The lowest BCUT2D eigenvalue weighted by molar-refractivity contribution is -0.379. The third-order valence-corrected chi connectivity index (χ3v) is 22.3. The zero-order valence-corrected chi connectivity index (χ0v) is 66.7. The molecule has 3 aliphatic rings. The van der Waals surface area contributed by atoms with Crippen LogP contribution >= 0.6 is 0 Å². The van der Waals surface area contributed by atoms with Crippen molar-refractivity contribution in [3.8, 4) is 0 Å². The molecule has 3 saturated heterocycles. The molecule has 0 bridgehead atoms. The van der Waals surface area contributed by atoms with Gasteiger partial charge in [0.1, 0.15) is 73.2 Å². The zero-order chi connectivity index (χ0) is 76.0. The van der Waals surface area contributed by atoms with Crippen molar-refractivity contribution in [2.75, 3.05) is 26.4 Å². The van der Waals surface area contributed by atoms with Gasteiger partial charge in [0.05, 0.1) is 38.6 Å². The first-order valence-corrected chi connectivity index (χ1v) is 44.1. The number of carbonyl (C=O) groups excluding carboxylic acids is 1. The number of hydrogen-bond acceptors (Lipinski definition) is 18. The molecule has 0 aliphatic carbocycles. The number of carbonyl (C=O) groups is 1. The highest BCUT2D eigenvalue weighted by molar-refractivity contribution is 5.76. The molecular weight excluding hydrogens is 1330 g/mol. The van der Waals surface area contributed by atoms with Crippen LogP contribution in [0.5, 0.6) is 0 Å². The summed E-state index contributed by atoms with van der Waals surface area (Å²) in [5.74, 6) is -0.236. The number of nitrogens with one attached hydrogen (secondary N) is 1. The van der Waals surface area contributed by atoms with Crippen LogP contribution in [-0.4, -0.2) is 193 Å². The fourth-order valence-corrected chi connectivity index (χ4v) is 15.2. The first kappa shape index (κ1) is 97.5. The van der Waals surface area contributed by atoms with E-state index in [9.17, 15) is 61.0 Å². The lowest BCUT2D eigenvalue weighted by Crippen LogP contribution is -2.66. The molecule has 0 aromatic rings. The Bertz CT molecular complexity index is 1990. The highest BCUT2D eigenvalue weighted by Gasteiger charge is 2.54. The van der Waals surface area contributed by atoms with Crippen LogP contribution in [0.25, 0.3) is 0 Å². The van der Waals surface area contributed by atoms with Gasteiger partial charge in [0.15, 0.2) is 18.9 Å². The molecule has 105 heavy (non-hydrogen) atoms. The van der Waals surface area contributed by atoms with Gasteiger partial charge in [-0.2, -0.15) is 0 Å². The van der Waals surface area contributed by atoms with Crippen molar-refractivity contribution >= 4 is 5.91 Å². The lowest BCUT2D eigenvalue weighted by atomic mass is 9.96. The summed E-state index contributed by atoms with van der Waals surface area (Å²) in [7, 11) is 0. The standard InChI is InChI=1S/C86H163NO18/c1-3-5-7-9-11-13-15-17-19-21-23-25-27-29-31-32-33-34-35-36-38-39-41-43-45-47-49-51-53-55-57-59-61-63-70(91)69(87-74(92)64-62-60-58-56-54-52-50-48-46-44-42-40-37-30-28-26-24-22-20-18-16-14-12-10-8-6-4-2)68-100-84-80(98)77(95)82(72(66-89)102-84)105-86-81(99)78(96)83(73(67-90)103-86)104-85-79(97)76(94)75(93)71(65-88)101-85/h16,18,22,24,69-73,75-86,88-91,93-99H,3-15,17,19-21,23,25-68H2,1-2H3,(H,87,92)/b18-16-,24-22-. The SMILES string of the molecule is CCCCCCC/C=C\C/C=C\CCCCCCCCCCCCCCCCCC(=O)NC(COC1OC(CO)C(OC2OC(CO)C(OC3OC(CO)C(O)C(O)C3O)C(O)C2O)C(O)C1O)C(O)CCCCCCCCCCCCCCCCCCCCCCCCCCCCCCCCCCC. The molecule has 17 atom stereocenters. The summed E-state index contributed by atoms with van der Waals surface area (Å²) in [6, 6.07) is -0.888. The molecule has 3 heterocycles. The molecule has 19 nitrogen and oxygen atoms in total. The Morgan fingerprint density at radius 2 is 0.629 bits per heavy atom. The minimum atomic E-state index is -1.97. The Kier molecular flexibility index (Phi) is 62.0. The summed E-state index contributed by atoms with van der Waals surface area (Å²) < 4.78 is 34.6. The number of hydrogen-bond donors (Lipinski definition) is 12. The maximum Gasteiger partial charge on any atom is 0.220 e. The van der Waals surface area contributed by atoms with Crippen LogP contribution in [0.15, 0.2) is 24.3 Å². The van der Waals surface area contributed by atoms with Crippen molar-refractivity contribution in [2.24, 2.45) is 0 Å². The summed E-state index contributed by atoms with van der Waals surface area (Å²) in [6.07, 6.45) is 55.7. The first-order chi connectivity index (χ1) is 51.3. The second kappa shape index (κ2) is 66.8. The predicted octanol–water partition coefficient (Wildman–Crippen LogP) is 16.1. The van der Waals surface area contributed by atoms with Gasteiger partial charge in [0, 0.05) is 6.42 Å². The van der Waals surface area contributed by atoms with E-state index >= 15 is 0 Å². The van der Waals surface area contributed by atoms with Crippen LogP contribution in [-0.2, 0) is 33.2 Å². The molecule has 3 rings (SSSR count). The number of allylic oxidation sites excluding steroid dienone is 4. The molecule has 0 radical (unpaired) electrons. The molecule has 620 valence electrons. The lowest BCUT2D eigenvalue weighted by Gasteiger charge is -2.48. The van der Waals surface area contributed by atoms with E-state index in [0.717, 1.165) is 51.4 Å². The molecular formula is C86H163NO18. The fourth-order valence-electron chi connectivity index (χ4n) is 15.2. The molecule has 1 amide bonds. The number of ether oxygens (including phenoxy) is 6. The molecule has 0 aromatic carbocycles. The van der Waals surface area contributed by atoms with Gasteiger partial charge in [-0.25, -0.2) is 0 Å². The largest absolute Gasteiger partial charge is 0.394 e. The van der Waals surface area contributed by atoms with E-state index in [1.807, 2.05) is 0 Å². The number of rotatable bonds is 72. The van der Waals surface area contributed by atoms with Crippen LogP contribution < -0.4 is 5.32 Å². The molecule has 3 fully saturated rings. The summed E-state index contributed by atoms with van der Waals surface area (Å²) in [5.41, 5.74) is 0. The minimum absolute atomic E-state index is 0.236. The van der Waals surface area contributed by atoms with E-state index in [1.54, 1.807) is 0 Å². The maximum absolute atomic E-state index is 13.5. The van der Waals surface area contributed by atoms with Gasteiger partial charge in [-0.05, 0) is 44.9 Å². The summed E-state index contributed by atoms with van der Waals surface area (Å²) >= 11 is 0.